The first kappa shape index (κ1) is 23.7. The van der Waals surface area contributed by atoms with Crippen molar-refractivity contribution in [3.05, 3.63) is 58.6 Å². The molecule has 2 N–H and O–H groups in total. The Bertz CT molecular complexity index is 1210. The van der Waals surface area contributed by atoms with Gasteiger partial charge in [-0.15, -0.1) is 0 Å². The van der Waals surface area contributed by atoms with Gasteiger partial charge in [-0.1, -0.05) is 35.9 Å². The third-order valence-electron chi connectivity index (χ3n) is 5.25. The molecule has 1 aliphatic rings. The Morgan fingerprint density at radius 2 is 1.84 bits per heavy atom. The van der Waals surface area contributed by atoms with E-state index in [2.05, 4.69) is 10.6 Å². The van der Waals surface area contributed by atoms with E-state index in [4.69, 9.17) is 11.6 Å². The summed E-state index contributed by atoms with van der Waals surface area (Å²) in [6.45, 7) is 2.67. The molecule has 0 unspecified atom stereocenters. The molecule has 1 heterocycles. The van der Waals surface area contributed by atoms with Gasteiger partial charge in [-0.05, 0) is 37.6 Å². The van der Waals surface area contributed by atoms with Crippen molar-refractivity contribution in [3.63, 3.8) is 0 Å². The van der Waals surface area contributed by atoms with Gasteiger partial charge in [0.1, 0.15) is 12.1 Å². The summed E-state index contributed by atoms with van der Waals surface area (Å²) in [6, 6.07) is 10.2. The minimum Gasteiger partial charge on any atom is -0.324 e. The van der Waals surface area contributed by atoms with E-state index in [1.54, 1.807) is 37.3 Å². The number of urea groups is 1. The van der Waals surface area contributed by atoms with E-state index in [0.717, 1.165) is 9.21 Å². The van der Waals surface area contributed by atoms with Gasteiger partial charge in [0, 0.05) is 30.4 Å². The molecule has 170 valence electrons. The van der Waals surface area contributed by atoms with Crippen molar-refractivity contribution in [2.24, 2.45) is 0 Å². The smallest absolute Gasteiger partial charge is 0.324 e. The number of nitrogens with zero attached hydrogens (tertiary/aromatic N) is 2. The Morgan fingerprint density at radius 3 is 2.47 bits per heavy atom. The number of hydrogen-bond acceptors (Lipinski definition) is 5. The molecule has 3 rings (SSSR count). The maximum Gasteiger partial charge on any atom is 0.325 e. The van der Waals surface area contributed by atoms with Crippen LogP contribution in [0.1, 0.15) is 18.1 Å². The minimum absolute atomic E-state index is 0.00434. The fraction of sp³-hybridized carbons (Fsp3) is 0.286. The number of amides is 4. The van der Waals surface area contributed by atoms with E-state index in [0.29, 0.717) is 16.1 Å². The first-order valence-corrected chi connectivity index (χ1v) is 11.4. The number of rotatable bonds is 6. The monoisotopic (exact) mass is 478 g/mol. The van der Waals surface area contributed by atoms with Crippen molar-refractivity contribution in [1.82, 2.24) is 14.5 Å². The van der Waals surface area contributed by atoms with Gasteiger partial charge in [0.2, 0.25) is 15.9 Å². The lowest BCUT2D eigenvalue weighted by Gasteiger charge is -2.23. The molecule has 0 aromatic heterocycles. The van der Waals surface area contributed by atoms with Crippen LogP contribution in [0.4, 0.5) is 10.5 Å². The first-order chi connectivity index (χ1) is 14.9. The molecule has 1 fully saturated rings. The number of imide groups is 1. The van der Waals surface area contributed by atoms with Crippen LogP contribution < -0.4 is 10.6 Å². The molecule has 4 amide bonds. The highest BCUT2D eigenvalue weighted by Gasteiger charge is 2.50. The van der Waals surface area contributed by atoms with Gasteiger partial charge >= 0.3 is 6.03 Å². The number of sulfonamides is 1. The summed E-state index contributed by atoms with van der Waals surface area (Å²) in [7, 11) is -0.894. The number of hydrogen-bond donors (Lipinski definition) is 2. The van der Waals surface area contributed by atoms with Crippen LogP contribution in [0.15, 0.2) is 47.4 Å². The molecule has 0 aliphatic carbocycles. The van der Waals surface area contributed by atoms with Gasteiger partial charge in [0.25, 0.3) is 5.91 Å². The molecule has 0 bridgehead atoms. The number of aryl methyl sites for hydroxylation is 1. The molecule has 32 heavy (non-hydrogen) atoms. The van der Waals surface area contributed by atoms with E-state index in [-0.39, 0.29) is 10.6 Å². The Hall–Kier alpha value is -2.95. The maximum atomic E-state index is 13.0. The molecular formula is C21H23ClN4O5S. The number of benzene rings is 2. The molecule has 2 aromatic rings. The van der Waals surface area contributed by atoms with Gasteiger partial charge < -0.3 is 10.6 Å². The molecule has 1 aliphatic heterocycles. The van der Waals surface area contributed by atoms with E-state index < -0.39 is 40.0 Å². The first-order valence-electron chi connectivity index (χ1n) is 9.60. The average Bonchev–Trinajstić information content (AvgIpc) is 2.93. The molecule has 1 atom stereocenters. The number of anilines is 1. The standard InChI is InChI=1S/C21H23ClN4O5S/c1-13-9-10-14(32(30,31)25(3)4)11-17(13)23-18(27)12-26-19(28)21(2,24-20(26)29)15-7-5-6-8-16(15)22/h5-11H,12H2,1-4H3,(H,23,27)(H,24,29)/t21-/m0/s1. The highest BCUT2D eigenvalue weighted by atomic mass is 35.5. The largest absolute Gasteiger partial charge is 0.325 e. The molecule has 9 nitrogen and oxygen atoms in total. The molecule has 0 radical (unpaired) electrons. The molecule has 2 aromatic carbocycles. The predicted molar refractivity (Wildman–Crippen MR) is 120 cm³/mol. The van der Waals surface area contributed by atoms with Crippen LogP contribution in [-0.4, -0.2) is 56.1 Å². The average molecular weight is 479 g/mol. The summed E-state index contributed by atoms with van der Waals surface area (Å²) in [6.07, 6.45) is 0. The Kier molecular flexibility index (Phi) is 6.32. The van der Waals surface area contributed by atoms with Crippen molar-refractivity contribution in [2.45, 2.75) is 24.3 Å². The summed E-state index contributed by atoms with van der Waals surface area (Å²) in [5.74, 6) is -1.27. The number of carbonyl (C=O) groups excluding carboxylic acids is 3. The third kappa shape index (κ3) is 4.21. The van der Waals surface area contributed by atoms with Gasteiger partial charge in [-0.3, -0.25) is 14.5 Å². The minimum atomic E-state index is -3.70. The van der Waals surface area contributed by atoms with E-state index in [9.17, 15) is 22.8 Å². The fourth-order valence-electron chi connectivity index (χ4n) is 3.33. The SMILES string of the molecule is Cc1ccc(S(=O)(=O)N(C)C)cc1NC(=O)CN1C(=O)N[C@@](C)(c2ccccc2Cl)C1=O. The fourth-order valence-corrected chi connectivity index (χ4v) is 4.58. The van der Waals surface area contributed by atoms with Crippen molar-refractivity contribution >= 4 is 45.2 Å². The Morgan fingerprint density at radius 1 is 1.19 bits per heavy atom. The van der Waals surface area contributed by atoms with E-state index in [1.165, 1.54) is 33.2 Å². The van der Waals surface area contributed by atoms with Crippen LogP contribution in [0.5, 0.6) is 0 Å². The molecule has 0 saturated carbocycles. The summed E-state index contributed by atoms with van der Waals surface area (Å²) in [5.41, 5.74) is -0.112. The zero-order valence-corrected chi connectivity index (χ0v) is 19.5. The van der Waals surface area contributed by atoms with Crippen LogP contribution in [0.2, 0.25) is 5.02 Å². The topological polar surface area (TPSA) is 116 Å². The number of halogens is 1. The lowest BCUT2D eigenvalue weighted by atomic mass is 9.92. The van der Waals surface area contributed by atoms with Crippen LogP contribution in [0.25, 0.3) is 0 Å². The maximum absolute atomic E-state index is 13.0. The van der Waals surface area contributed by atoms with Gasteiger partial charge in [0.05, 0.1) is 4.90 Å². The normalized spacial score (nSPS) is 18.8. The van der Waals surface area contributed by atoms with Crippen molar-refractivity contribution < 1.29 is 22.8 Å². The van der Waals surface area contributed by atoms with Gasteiger partial charge in [0.15, 0.2) is 0 Å². The van der Waals surface area contributed by atoms with Gasteiger partial charge in [-0.25, -0.2) is 17.5 Å². The van der Waals surface area contributed by atoms with Gasteiger partial charge in [-0.2, -0.15) is 0 Å². The van der Waals surface area contributed by atoms with Crippen molar-refractivity contribution in [2.75, 3.05) is 26.0 Å². The zero-order chi connectivity index (χ0) is 23.8. The third-order valence-corrected chi connectivity index (χ3v) is 7.39. The molecular weight excluding hydrogens is 456 g/mol. The molecule has 11 heteroatoms. The highest BCUT2D eigenvalue weighted by molar-refractivity contribution is 7.89. The van der Waals surface area contributed by atoms with Crippen molar-refractivity contribution in [3.8, 4) is 0 Å². The second-order valence-corrected chi connectivity index (χ2v) is 10.3. The Balaban J connectivity index is 1.81. The summed E-state index contributed by atoms with van der Waals surface area (Å²) in [5, 5.41) is 5.49. The van der Waals surface area contributed by atoms with E-state index >= 15 is 0 Å². The van der Waals surface area contributed by atoms with Crippen LogP contribution >= 0.6 is 11.6 Å². The van der Waals surface area contributed by atoms with Crippen LogP contribution in [-0.2, 0) is 25.2 Å². The quantitative estimate of drug-likeness (QED) is 0.618. The van der Waals surface area contributed by atoms with Crippen LogP contribution in [0.3, 0.4) is 0 Å². The summed E-state index contributed by atoms with van der Waals surface area (Å²) in [4.78, 5) is 39.0. The lowest BCUT2D eigenvalue weighted by Crippen LogP contribution is -2.42. The zero-order valence-electron chi connectivity index (χ0n) is 18.0. The Labute approximate surface area is 191 Å². The molecule has 0 spiro atoms. The summed E-state index contributed by atoms with van der Waals surface area (Å²) < 4.78 is 25.8. The van der Waals surface area contributed by atoms with Crippen molar-refractivity contribution in [1.29, 1.82) is 0 Å². The van der Waals surface area contributed by atoms with Crippen LogP contribution in [0, 0.1) is 6.92 Å². The van der Waals surface area contributed by atoms with E-state index in [1.807, 2.05) is 0 Å². The lowest BCUT2D eigenvalue weighted by molar-refractivity contribution is -0.133. The highest BCUT2D eigenvalue weighted by Crippen LogP contribution is 2.33. The predicted octanol–water partition coefficient (Wildman–Crippen LogP) is 2.30. The number of nitrogens with one attached hydrogen (secondary N) is 2. The summed E-state index contributed by atoms with van der Waals surface area (Å²) >= 11 is 6.21. The number of carbonyl (C=O) groups is 3. The second-order valence-electron chi connectivity index (χ2n) is 7.74. The molecule has 1 saturated heterocycles. The second kappa shape index (κ2) is 8.53.